The molecule has 1 heterocycles. The normalized spacial score (nSPS) is 11.2. The lowest BCUT2D eigenvalue weighted by Crippen LogP contribution is -2.11. The van der Waals surface area contributed by atoms with E-state index in [2.05, 4.69) is 43.1 Å². The molecule has 186 valence electrons. The summed E-state index contributed by atoms with van der Waals surface area (Å²) in [6, 6.07) is 9.26. The minimum absolute atomic E-state index is 0.0754. The molecule has 0 bridgehead atoms. The third-order valence-corrected chi connectivity index (χ3v) is 5.92. The fourth-order valence-corrected chi connectivity index (χ4v) is 3.92. The van der Waals surface area contributed by atoms with Crippen LogP contribution in [-0.2, 0) is 14.9 Å². The van der Waals surface area contributed by atoms with Gasteiger partial charge in [0.15, 0.2) is 0 Å². The molecule has 7 heteroatoms. The third-order valence-electron chi connectivity index (χ3n) is 5.60. The Morgan fingerprint density at radius 2 is 1.74 bits per heavy atom. The highest BCUT2D eigenvalue weighted by Crippen LogP contribution is 2.42. The number of aromatic nitrogens is 3. The largest absolute Gasteiger partial charge is 0.507 e. The first-order valence-corrected chi connectivity index (χ1v) is 12.6. The van der Waals surface area contributed by atoms with Crippen molar-refractivity contribution in [2.75, 3.05) is 6.61 Å². The van der Waals surface area contributed by atoms with Crippen molar-refractivity contribution in [3.63, 3.8) is 0 Å². The van der Waals surface area contributed by atoms with E-state index in [1.54, 1.807) is 12.1 Å². The maximum absolute atomic E-state index is 10.7. The molecule has 6 nitrogen and oxygen atoms in total. The first kappa shape index (κ1) is 27.6. The molecule has 1 aromatic heterocycles. The van der Waals surface area contributed by atoms with Gasteiger partial charge >= 0.3 is 5.97 Å². The summed E-state index contributed by atoms with van der Waals surface area (Å²) in [5.74, 6) is 0.163. The molecular formula is C27H38ClN3O3. The van der Waals surface area contributed by atoms with Crippen molar-refractivity contribution in [3.05, 3.63) is 40.9 Å². The van der Waals surface area contributed by atoms with Crippen LogP contribution < -0.4 is 0 Å². The van der Waals surface area contributed by atoms with Crippen LogP contribution in [0.25, 0.3) is 22.2 Å². The molecule has 34 heavy (non-hydrogen) atoms. The number of fused-ring (bicyclic) bond motifs is 1. The van der Waals surface area contributed by atoms with E-state index >= 15 is 0 Å². The van der Waals surface area contributed by atoms with E-state index in [1.807, 2.05) is 25.1 Å². The Kier molecular flexibility index (Phi) is 10.8. The number of unbranched alkanes of at least 4 members (excludes halogenated alkanes) is 5. The summed E-state index contributed by atoms with van der Waals surface area (Å²) in [6.07, 6.45) is 7.91. The van der Waals surface area contributed by atoms with Gasteiger partial charge < -0.3 is 9.84 Å². The highest BCUT2D eigenvalue weighted by molar-refractivity contribution is 6.35. The Labute approximate surface area is 208 Å². The average molecular weight is 488 g/mol. The van der Waals surface area contributed by atoms with Gasteiger partial charge in [-0.15, -0.1) is 0 Å². The summed E-state index contributed by atoms with van der Waals surface area (Å²) in [6.45, 7) is 10.8. The average Bonchev–Trinajstić information content (AvgIpc) is 3.27. The van der Waals surface area contributed by atoms with Crippen LogP contribution in [0, 0.1) is 0 Å². The molecule has 2 N–H and O–H groups in total. The van der Waals surface area contributed by atoms with E-state index in [9.17, 15) is 9.90 Å². The number of nitrogens with zero attached hydrogens (tertiary/aromatic N) is 2. The number of aromatic amines is 1. The number of hydrogen-bond acceptors (Lipinski definition) is 5. The van der Waals surface area contributed by atoms with Crippen LogP contribution in [0.4, 0.5) is 0 Å². The van der Waals surface area contributed by atoms with Crippen molar-refractivity contribution in [3.8, 4) is 16.9 Å². The van der Waals surface area contributed by atoms with Gasteiger partial charge in [0.2, 0.25) is 0 Å². The van der Waals surface area contributed by atoms with E-state index < -0.39 is 0 Å². The molecule has 0 spiro atoms. The minimum atomic E-state index is -0.162. The predicted octanol–water partition coefficient (Wildman–Crippen LogP) is 7.58. The fourth-order valence-electron chi connectivity index (χ4n) is 3.66. The Bertz CT molecular complexity index is 1060. The molecule has 0 aliphatic carbocycles. The number of ether oxygens (including phenoxy) is 1. The van der Waals surface area contributed by atoms with Gasteiger partial charge in [0.25, 0.3) is 0 Å². The Hall–Kier alpha value is -2.60. The second kappa shape index (κ2) is 13.3. The lowest BCUT2D eigenvalue weighted by atomic mass is 9.84. The summed E-state index contributed by atoms with van der Waals surface area (Å²) in [4.78, 5) is 10.7. The van der Waals surface area contributed by atoms with Crippen molar-refractivity contribution < 1.29 is 14.6 Å². The number of nitrogens with one attached hydrogen (secondary N) is 1. The summed E-state index contributed by atoms with van der Waals surface area (Å²) in [7, 11) is 0. The molecule has 2 aromatic carbocycles. The number of esters is 1. The van der Waals surface area contributed by atoms with Gasteiger partial charge in [-0.2, -0.15) is 15.4 Å². The standard InChI is InChI=1S/C16H16ClN3O.C11H22O2/c1-16(2,3)10-6-4-5-9(15(10)21)13-11(17)7-8-12-14(13)19-20-18-12;1-3-5-6-7-8-9-10-13-11(12)4-2/h4-8,21H,1-3H3,(H,18,19,20);3-10H2,1-2H3. The zero-order valence-electron chi connectivity index (χ0n) is 21.1. The van der Waals surface area contributed by atoms with Crippen LogP contribution in [-0.4, -0.2) is 33.1 Å². The number of hydrogen-bond donors (Lipinski definition) is 2. The zero-order valence-corrected chi connectivity index (χ0v) is 21.8. The Balaban J connectivity index is 0.000000273. The molecule has 3 aromatic rings. The molecule has 0 atom stereocenters. The second-order valence-corrected chi connectivity index (χ2v) is 9.81. The quantitative estimate of drug-likeness (QED) is 0.240. The molecule has 0 radical (unpaired) electrons. The number of halogens is 1. The number of phenols is 1. The van der Waals surface area contributed by atoms with E-state index in [1.165, 1.54) is 32.1 Å². The first-order valence-electron chi connectivity index (χ1n) is 12.2. The van der Waals surface area contributed by atoms with E-state index in [0.717, 1.165) is 17.5 Å². The maximum Gasteiger partial charge on any atom is 0.305 e. The number of para-hydroxylation sites is 1. The summed E-state index contributed by atoms with van der Waals surface area (Å²) in [5.41, 5.74) is 3.46. The summed E-state index contributed by atoms with van der Waals surface area (Å²) < 4.78 is 4.96. The molecule has 0 fully saturated rings. The van der Waals surface area contributed by atoms with Crippen LogP contribution >= 0.6 is 11.6 Å². The molecule has 0 saturated carbocycles. The van der Waals surface area contributed by atoms with Crippen LogP contribution in [0.1, 0.15) is 85.1 Å². The first-order chi connectivity index (χ1) is 16.2. The minimum Gasteiger partial charge on any atom is -0.507 e. The van der Waals surface area contributed by atoms with Gasteiger partial charge in [0.1, 0.15) is 16.8 Å². The highest BCUT2D eigenvalue weighted by Gasteiger charge is 2.22. The Morgan fingerprint density at radius 3 is 2.41 bits per heavy atom. The maximum atomic E-state index is 10.7. The number of benzene rings is 2. The van der Waals surface area contributed by atoms with E-state index in [-0.39, 0.29) is 17.1 Å². The molecule has 0 unspecified atom stereocenters. The lowest BCUT2D eigenvalue weighted by Gasteiger charge is -2.22. The predicted molar refractivity (Wildman–Crippen MR) is 139 cm³/mol. The van der Waals surface area contributed by atoms with Gasteiger partial charge in [-0.1, -0.05) is 96.5 Å². The second-order valence-electron chi connectivity index (χ2n) is 9.41. The third kappa shape index (κ3) is 7.73. The number of rotatable bonds is 9. The fraction of sp³-hybridized carbons (Fsp3) is 0.519. The number of phenolic OH excluding ortho intramolecular Hbond substituents is 1. The monoisotopic (exact) mass is 487 g/mol. The van der Waals surface area contributed by atoms with Gasteiger partial charge in [-0.3, -0.25) is 4.79 Å². The molecule has 0 aliphatic rings. The summed E-state index contributed by atoms with van der Waals surface area (Å²) >= 11 is 6.34. The van der Waals surface area contributed by atoms with Crippen LogP contribution in [0.2, 0.25) is 5.02 Å². The van der Waals surface area contributed by atoms with Crippen molar-refractivity contribution in [2.24, 2.45) is 0 Å². The van der Waals surface area contributed by atoms with Crippen molar-refractivity contribution >= 4 is 28.6 Å². The zero-order chi connectivity index (χ0) is 25.1. The molecule has 0 aliphatic heterocycles. The van der Waals surface area contributed by atoms with Gasteiger partial charge in [0.05, 0.1) is 11.6 Å². The van der Waals surface area contributed by atoms with Crippen molar-refractivity contribution in [1.29, 1.82) is 0 Å². The number of carbonyl (C=O) groups is 1. The Morgan fingerprint density at radius 1 is 1.03 bits per heavy atom. The molecular weight excluding hydrogens is 450 g/mol. The highest BCUT2D eigenvalue weighted by atomic mass is 35.5. The molecule has 0 amide bonds. The van der Waals surface area contributed by atoms with Crippen molar-refractivity contribution in [1.82, 2.24) is 15.4 Å². The summed E-state index contributed by atoms with van der Waals surface area (Å²) in [5, 5.41) is 22.0. The van der Waals surface area contributed by atoms with Gasteiger partial charge in [-0.05, 0) is 29.5 Å². The number of H-pyrrole nitrogens is 1. The topological polar surface area (TPSA) is 88.1 Å². The van der Waals surface area contributed by atoms with Crippen LogP contribution in [0.3, 0.4) is 0 Å². The van der Waals surface area contributed by atoms with E-state index in [4.69, 9.17) is 16.3 Å². The smallest absolute Gasteiger partial charge is 0.305 e. The van der Waals surface area contributed by atoms with E-state index in [0.29, 0.717) is 34.7 Å². The van der Waals surface area contributed by atoms with Crippen LogP contribution in [0.15, 0.2) is 30.3 Å². The molecule has 3 rings (SSSR count). The number of carbonyl (C=O) groups excluding carboxylic acids is 1. The number of aromatic hydroxyl groups is 1. The lowest BCUT2D eigenvalue weighted by molar-refractivity contribution is -0.143. The van der Waals surface area contributed by atoms with Crippen LogP contribution in [0.5, 0.6) is 5.75 Å². The van der Waals surface area contributed by atoms with Gasteiger partial charge in [0, 0.05) is 17.5 Å². The van der Waals surface area contributed by atoms with Gasteiger partial charge in [-0.25, -0.2) is 0 Å². The molecule has 0 saturated heterocycles. The van der Waals surface area contributed by atoms with Crippen molar-refractivity contribution in [2.45, 2.75) is 85.0 Å². The SMILES string of the molecule is CC(C)(C)c1cccc(-c2c(Cl)ccc3n[nH]nc23)c1O.CCCCCCCCOC(=O)CC.